The number of nitrogens with one attached hydrogen (secondary N) is 1. The van der Waals surface area contributed by atoms with Crippen LogP contribution in [-0.4, -0.2) is 17.1 Å². The van der Waals surface area contributed by atoms with E-state index in [4.69, 9.17) is 5.11 Å². The molecule has 1 rings (SSSR count). The van der Waals surface area contributed by atoms with Crippen molar-refractivity contribution in [2.45, 2.75) is 39.7 Å². The van der Waals surface area contributed by atoms with Gasteiger partial charge < -0.3 is 10.4 Å². The zero-order valence-electron chi connectivity index (χ0n) is 11.0. The van der Waals surface area contributed by atoms with Crippen molar-refractivity contribution in [1.82, 2.24) is 0 Å². The Morgan fingerprint density at radius 3 is 2.56 bits per heavy atom. The molecule has 0 saturated heterocycles. The Labute approximate surface area is 107 Å². The van der Waals surface area contributed by atoms with Crippen molar-refractivity contribution >= 4 is 11.7 Å². The van der Waals surface area contributed by atoms with Crippen molar-refractivity contribution in [3.05, 3.63) is 29.6 Å². The zero-order chi connectivity index (χ0) is 13.7. The van der Waals surface area contributed by atoms with E-state index in [2.05, 4.69) is 19.2 Å². The average molecular weight is 253 g/mol. The molecule has 100 valence electrons. The smallest absolute Gasteiger partial charge is 0.337 e. The lowest BCUT2D eigenvalue weighted by Crippen LogP contribution is -2.18. The van der Waals surface area contributed by atoms with Gasteiger partial charge in [-0.05, 0) is 43.9 Å². The first kappa shape index (κ1) is 14.5. The number of hydrogen-bond acceptors (Lipinski definition) is 2. The van der Waals surface area contributed by atoms with E-state index in [1.807, 2.05) is 6.92 Å². The molecule has 0 fully saturated rings. The molecule has 0 saturated carbocycles. The molecule has 0 bridgehead atoms. The van der Waals surface area contributed by atoms with Crippen LogP contribution in [0.1, 0.15) is 44.0 Å². The van der Waals surface area contributed by atoms with Crippen molar-refractivity contribution < 1.29 is 14.3 Å². The highest BCUT2D eigenvalue weighted by atomic mass is 19.1. The number of benzene rings is 1. The third-order valence-electron chi connectivity index (χ3n) is 2.79. The van der Waals surface area contributed by atoms with Gasteiger partial charge in [0, 0.05) is 11.7 Å². The minimum absolute atomic E-state index is 0.0219. The van der Waals surface area contributed by atoms with Gasteiger partial charge in [-0.1, -0.05) is 13.8 Å². The number of anilines is 1. The Kier molecular flexibility index (Phi) is 5.13. The van der Waals surface area contributed by atoms with E-state index in [1.165, 1.54) is 12.1 Å². The maximum Gasteiger partial charge on any atom is 0.337 e. The normalized spacial score (nSPS) is 12.5. The highest BCUT2D eigenvalue weighted by Crippen LogP contribution is 2.19. The summed E-state index contributed by atoms with van der Waals surface area (Å²) in [4.78, 5) is 11.0. The second-order valence-electron chi connectivity index (χ2n) is 5.01. The minimum Gasteiger partial charge on any atom is -0.478 e. The van der Waals surface area contributed by atoms with Crippen molar-refractivity contribution in [1.29, 1.82) is 0 Å². The maximum absolute atomic E-state index is 13.0. The molecule has 4 heteroatoms. The van der Waals surface area contributed by atoms with E-state index in [0.717, 1.165) is 18.9 Å². The van der Waals surface area contributed by atoms with E-state index in [9.17, 15) is 9.18 Å². The molecule has 1 aromatic rings. The molecular formula is C14H20FNO2. The number of carboxylic acids is 1. The fourth-order valence-electron chi connectivity index (χ4n) is 1.74. The SMILES string of the molecule is CC(C)CCC(C)Nc1ccc(F)cc1C(=O)O. The fourth-order valence-corrected chi connectivity index (χ4v) is 1.74. The zero-order valence-corrected chi connectivity index (χ0v) is 11.0. The van der Waals surface area contributed by atoms with Crippen molar-refractivity contribution in [2.24, 2.45) is 5.92 Å². The van der Waals surface area contributed by atoms with Gasteiger partial charge >= 0.3 is 5.97 Å². The Balaban J connectivity index is 2.74. The summed E-state index contributed by atoms with van der Waals surface area (Å²) in [7, 11) is 0. The van der Waals surface area contributed by atoms with Crippen LogP contribution in [0.15, 0.2) is 18.2 Å². The third-order valence-corrected chi connectivity index (χ3v) is 2.79. The molecule has 0 aliphatic rings. The molecule has 0 radical (unpaired) electrons. The summed E-state index contributed by atoms with van der Waals surface area (Å²) < 4.78 is 13.0. The van der Waals surface area contributed by atoms with Crippen molar-refractivity contribution in [3.63, 3.8) is 0 Å². The standard InChI is InChI=1S/C14H20FNO2/c1-9(2)4-5-10(3)16-13-7-6-11(15)8-12(13)14(17)18/h6-10,16H,4-5H2,1-3H3,(H,17,18). The van der Waals surface area contributed by atoms with Crippen LogP contribution in [0.4, 0.5) is 10.1 Å². The number of carboxylic acid groups (broad SMARTS) is 1. The molecule has 0 spiro atoms. The third kappa shape index (κ3) is 4.35. The van der Waals surface area contributed by atoms with Gasteiger partial charge in [0.1, 0.15) is 5.82 Å². The van der Waals surface area contributed by atoms with Crippen LogP contribution in [0.3, 0.4) is 0 Å². The summed E-state index contributed by atoms with van der Waals surface area (Å²) in [6.45, 7) is 6.29. The van der Waals surface area contributed by atoms with Crippen LogP contribution >= 0.6 is 0 Å². The van der Waals surface area contributed by atoms with Gasteiger partial charge in [-0.3, -0.25) is 0 Å². The van der Waals surface area contributed by atoms with E-state index < -0.39 is 11.8 Å². The summed E-state index contributed by atoms with van der Waals surface area (Å²) in [5.74, 6) is -1.04. The van der Waals surface area contributed by atoms with Gasteiger partial charge in [-0.25, -0.2) is 9.18 Å². The lowest BCUT2D eigenvalue weighted by Gasteiger charge is -2.17. The van der Waals surface area contributed by atoms with Gasteiger partial charge in [-0.2, -0.15) is 0 Å². The number of rotatable bonds is 6. The number of halogens is 1. The molecule has 0 heterocycles. The van der Waals surface area contributed by atoms with E-state index in [1.54, 1.807) is 0 Å². The summed E-state index contributed by atoms with van der Waals surface area (Å²) in [6.07, 6.45) is 2.02. The molecule has 3 nitrogen and oxygen atoms in total. The van der Waals surface area contributed by atoms with Gasteiger partial charge in [0.2, 0.25) is 0 Å². The Bertz CT molecular complexity index is 418. The molecular weight excluding hydrogens is 233 g/mol. The summed E-state index contributed by atoms with van der Waals surface area (Å²) >= 11 is 0. The lowest BCUT2D eigenvalue weighted by atomic mass is 10.0. The highest BCUT2D eigenvalue weighted by Gasteiger charge is 2.13. The molecule has 1 aromatic carbocycles. The molecule has 0 aliphatic carbocycles. The highest BCUT2D eigenvalue weighted by molar-refractivity contribution is 5.94. The van der Waals surface area contributed by atoms with Crippen LogP contribution < -0.4 is 5.32 Å². The molecule has 0 amide bonds. The Morgan fingerprint density at radius 1 is 1.33 bits per heavy atom. The number of hydrogen-bond donors (Lipinski definition) is 2. The second-order valence-corrected chi connectivity index (χ2v) is 5.01. The second kappa shape index (κ2) is 6.38. The lowest BCUT2D eigenvalue weighted by molar-refractivity contribution is 0.0697. The predicted molar refractivity (Wildman–Crippen MR) is 70.5 cm³/mol. The summed E-state index contributed by atoms with van der Waals surface area (Å²) in [6, 6.07) is 3.95. The van der Waals surface area contributed by atoms with Crippen LogP contribution in [0.25, 0.3) is 0 Å². The molecule has 0 aliphatic heterocycles. The first-order valence-corrected chi connectivity index (χ1v) is 6.19. The molecule has 18 heavy (non-hydrogen) atoms. The molecule has 1 unspecified atom stereocenters. The first-order chi connectivity index (χ1) is 8.40. The van der Waals surface area contributed by atoms with Crippen molar-refractivity contribution in [3.8, 4) is 0 Å². The molecule has 2 N–H and O–H groups in total. The fraction of sp³-hybridized carbons (Fsp3) is 0.500. The summed E-state index contributed by atoms with van der Waals surface area (Å²) in [5, 5.41) is 12.1. The van der Waals surface area contributed by atoms with E-state index in [0.29, 0.717) is 11.6 Å². The van der Waals surface area contributed by atoms with Crippen molar-refractivity contribution in [2.75, 3.05) is 5.32 Å². The van der Waals surface area contributed by atoms with Gasteiger partial charge in [0.05, 0.1) is 5.56 Å². The molecule has 1 atom stereocenters. The van der Waals surface area contributed by atoms with Gasteiger partial charge in [0.15, 0.2) is 0 Å². The monoisotopic (exact) mass is 253 g/mol. The predicted octanol–water partition coefficient (Wildman–Crippen LogP) is 3.76. The first-order valence-electron chi connectivity index (χ1n) is 6.19. The number of carbonyl (C=O) groups is 1. The van der Waals surface area contributed by atoms with Crippen LogP contribution in [0, 0.1) is 11.7 Å². The quantitative estimate of drug-likeness (QED) is 0.811. The summed E-state index contributed by atoms with van der Waals surface area (Å²) in [5.41, 5.74) is 0.451. The maximum atomic E-state index is 13.0. The molecule has 0 aromatic heterocycles. The van der Waals surface area contributed by atoms with E-state index >= 15 is 0 Å². The van der Waals surface area contributed by atoms with Crippen LogP contribution in [0.2, 0.25) is 0 Å². The Morgan fingerprint density at radius 2 is 2.00 bits per heavy atom. The van der Waals surface area contributed by atoms with Crippen LogP contribution in [0.5, 0.6) is 0 Å². The van der Waals surface area contributed by atoms with E-state index in [-0.39, 0.29) is 11.6 Å². The number of aromatic carboxylic acids is 1. The topological polar surface area (TPSA) is 49.3 Å². The largest absolute Gasteiger partial charge is 0.478 e. The average Bonchev–Trinajstić information content (AvgIpc) is 2.28. The van der Waals surface area contributed by atoms with Crippen LogP contribution in [-0.2, 0) is 0 Å². The van der Waals surface area contributed by atoms with Gasteiger partial charge in [0.25, 0.3) is 0 Å². The van der Waals surface area contributed by atoms with Gasteiger partial charge in [-0.15, -0.1) is 0 Å². The minimum atomic E-state index is -1.12. The Hall–Kier alpha value is -1.58.